The Bertz CT molecular complexity index is 741. The van der Waals surface area contributed by atoms with Crippen molar-refractivity contribution in [3.63, 3.8) is 0 Å². The van der Waals surface area contributed by atoms with E-state index in [0.29, 0.717) is 5.56 Å². The minimum atomic E-state index is -0.277. The summed E-state index contributed by atoms with van der Waals surface area (Å²) in [5, 5.41) is 2.70. The van der Waals surface area contributed by atoms with Crippen molar-refractivity contribution >= 4 is 17.7 Å². The number of carbonyl (C=O) groups is 3. The number of nitrogens with one attached hydrogen (secondary N) is 1. The summed E-state index contributed by atoms with van der Waals surface area (Å²) in [5.41, 5.74) is 2.21. The number of aromatic nitrogens is 1. The van der Waals surface area contributed by atoms with Crippen LogP contribution in [0, 0.1) is 0 Å². The average Bonchev–Trinajstić information content (AvgIpc) is 2.94. The van der Waals surface area contributed by atoms with Gasteiger partial charge < -0.3 is 5.32 Å². The second-order valence-electron chi connectivity index (χ2n) is 5.49. The highest BCUT2D eigenvalue weighted by molar-refractivity contribution is 6.02. The summed E-state index contributed by atoms with van der Waals surface area (Å²) in [5.74, 6) is -0.632. The fourth-order valence-electron chi connectivity index (χ4n) is 2.56. The van der Waals surface area contributed by atoms with Crippen molar-refractivity contribution in [1.82, 2.24) is 15.2 Å². The summed E-state index contributed by atoms with van der Waals surface area (Å²) >= 11 is 0. The van der Waals surface area contributed by atoms with Gasteiger partial charge in [0, 0.05) is 37.7 Å². The molecule has 3 amide bonds. The second kappa shape index (κ2) is 7.04. The van der Waals surface area contributed by atoms with Crippen molar-refractivity contribution in [1.29, 1.82) is 0 Å². The topological polar surface area (TPSA) is 79.4 Å². The van der Waals surface area contributed by atoms with Gasteiger partial charge in [0.25, 0.3) is 5.91 Å². The van der Waals surface area contributed by atoms with Gasteiger partial charge in [-0.25, -0.2) is 0 Å². The number of nitrogens with zero attached hydrogens (tertiary/aromatic N) is 2. The van der Waals surface area contributed by atoms with E-state index in [9.17, 15) is 14.4 Å². The fourth-order valence-corrected chi connectivity index (χ4v) is 2.56. The first-order valence-electron chi connectivity index (χ1n) is 7.78. The Morgan fingerprint density at radius 2 is 1.75 bits per heavy atom. The molecule has 2 aromatic rings. The van der Waals surface area contributed by atoms with Gasteiger partial charge in [-0.2, -0.15) is 0 Å². The predicted octanol–water partition coefficient (Wildman–Crippen LogP) is 1.63. The Hall–Kier alpha value is -3.02. The molecule has 0 spiro atoms. The van der Waals surface area contributed by atoms with Crippen molar-refractivity contribution in [2.24, 2.45) is 0 Å². The Kier molecular flexibility index (Phi) is 4.65. The van der Waals surface area contributed by atoms with Crippen LogP contribution in [0.3, 0.4) is 0 Å². The quantitative estimate of drug-likeness (QED) is 0.848. The lowest BCUT2D eigenvalue weighted by Crippen LogP contribution is -2.37. The number of rotatable bonds is 5. The monoisotopic (exact) mass is 323 g/mol. The van der Waals surface area contributed by atoms with Crippen LogP contribution in [-0.2, 0) is 9.59 Å². The van der Waals surface area contributed by atoms with E-state index in [0.717, 1.165) is 11.3 Å². The third-order valence-corrected chi connectivity index (χ3v) is 3.87. The van der Waals surface area contributed by atoms with Gasteiger partial charge in [-0.3, -0.25) is 24.3 Å². The second-order valence-corrected chi connectivity index (χ2v) is 5.49. The molecule has 1 N–H and O–H groups in total. The Morgan fingerprint density at radius 1 is 1.04 bits per heavy atom. The van der Waals surface area contributed by atoms with E-state index in [1.54, 1.807) is 12.1 Å². The largest absolute Gasteiger partial charge is 0.350 e. The predicted molar refractivity (Wildman–Crippen MR) is 88.0 cm³/mol. The number of hydrogen-bond donors (Lipinski definition) is 1. The number of pyridine rings is 1. The van der Waals surface area contributed by atoms with Crippen LogP contribution in [-0.4, -0.2) is 40.7 Å². The molecular weight excluding hydrogens is 306 g/mol. The first-order chi connectivity index (χ1) is 11.6. The molecule has 0 aliphatic carbocycles. The highest BCUT2D eigenvalue weighted by Crippen LogP contribution is 2.16. The highest BCUT2D eigenvalue weighted by Gasteiger charge is 2.28. The fraction of sp³-hybridized carbons (Fsp3) is 0.222. The number of hydrogen-bond acceptors (Lipinski definition) is 4. The van der Waals surface area contributed by atoms with Gasteiger partial charge in [-0.1, -0.05) is 30.3 Å². The van der Waals surface area contributed by atoms with Gasteiger partial charge >= 0.3 is 0 Å². The molecule has 6 heteroatoms. The van der Waals surface area contributed by atoms with E-state index in [1.807, 2.05) is 30.3 Å². The molecule has 0 bridgehead atoms. The molecule has 0 radical (unpaired) electrons. The Morgan fingerprint density at radius 3 is 2.38 bits per heavy atom. The molecule has 1 aliphatic heterocycles. The summed E-state index contributed by atoms with van der Waals surface area (Å²) in [7, 11) is 0. The van der Waals surface area contributed by atoms with E-state index >= 15 is 0 Å². The van der Waals surface area contributed by atoms with Crippen LogP contribution in [0.2, 0.25) is 0 Å². The summed E-state index contributed by atoms with van der Waals surface area (Å²) < 4.78 is 0. The van der Waals surface area contributed by atoms with Crippen LogP contribution >= 0.6 is 0 Å². The van der Waals surface area contributed by atoms with Crippen LogP contribution in [0.15, 0.2) is 48.7 Å². The van der Waals surface area contributed by atoms with Crippen LogP contribution in [0.1, 0.15) is 23.2 Å². The molecule has 122 valence electrons. The summed E-state index contributed by atoms with van der Waals surface area (Å²) in [6.07, 6.45) is 2.04. The average molecular weight is 323 g/mol. The van der Waals surface area contributed by atoms with Gasteiger partial charge in [0.1, 0.15) is 0 Å². The Labute approximate surface area is 139 Å². The highest BCUT2D eigenvalue weighted by atomic mass is 16.2. The maximum absolute atomic E-state index is 12.1. The molecule has 0 saturated carbocycles. The van der Waals surface area contributed by atoms with Crippen LogP contribution in [0.5, 0.6) is 0 Å². The molecule has 1 aromatic heterocycles. The molecule has 1 aliphatic rings. The summed E-state index contributed by atoms with van der Waals surface area (Å²) in [6.45, 7) is 0.440. The molecule has 0 unspecified atom stereocenters. The van der Waals surface area contributed by atoms with Crippen molar-refractivity contribution in [3.8, 4) is 11.3 Å². The standard InChI is InChI=1S/C18H17N3O3/c22-16-8-9-17(23)21(16)11-10-19-18(24)14-6-7-15(20-12-14)13-4-2-1-3-5-13/h1-7,12H,8-11H2,(H,19,24). The van der Waals surface area contributed by atoms with Crippen molar-refractivity contribution in [2.45, 2.75) is 12.8 Å². The molecule has 24 heavy (non-hydrogen) atoms. The van der Waals surface area contributed by atoms with Gasteiger partial charge in [0.05, 0.1) is 11.3 Å². The first-order valence-corrected chi connectivity index (χ1v) is 7.78. The number of likely N-dealkylation sites (tertiary alicyclic amines) is 1. The third kappa shape index (κ3) is 3.48. The van der Waals surface area contributed by atoms with Crippen molar-refractivity contribution in [2.75, 3.05) is 13.1 Å². The lowest BCUT2D eigenvalue weighted by molar-refractivity contribution is -0.138. The zero-order valence-corrected chi connectivity index (χ0v) is 13.1. The molecule has 2 heterocycles. The van der Waals surface area contributed by atoms with Crippen molar-refractivity contribution in [3.05, 3.63) is 54.2 Å². The van der Waals surface area contributed by atoms with E-state index in [1.165, 1.54) is 11.1 Å². The summed E-state index contributed by atoms with van der Waals surface area (Å²) in [4.78, 5) is 40.6. The van der Waals surface area contributed by atoms with Gasteiger partial charge in [0.2, 0.25) is 11.8 Å². The van der Waals surface area contributed by atoms with Crippen LogP contribution in [0.25, 0.3) is 11.3 Å². The normalized spacial score (nSPS) is 14.1. The zero-order valence-electron chi connectivity index (χ0n) is 13.1. The lowest BCUT2D eigenvalue weighted by atomic mass is 10.1. The molecule has 6 nitrogen and oxygen atoms in total. The number of carbonyl (C=O) groups excluding carboxylic acids is 3. The van der Waals surface area contributed by atoms with Crippen molar-refractivity contribution < 1.29 is 14.4 Å². The van der Waals surface area contributed by atoms with E-state index < -0.39 is 0 Å². The Balaban J connectivity index is 1.56. The minimum absolute atomic E-state index is 0.178. The lowest BCUT2D eigenvalue weighted by Gasteiger charge is -2.14. The van der Waals surface area contributed by atoms with E-state index in [-0.39, 0.29) is 43.7 Å². The number of amides is 3. The van der Waals surface area contributed by atoms with Gasteiger partial charge in [-0.05, 0) is 12.1 Å². The van der Waals surface area contributed by atoms with Crippen LogP contribution < -0.4 is 5.32 Å². The molecule has 1 aromatic carbocycles. The van der Waals surface area contributed by atoms with E-state index in [4.69, 9.17) is 0 Å². The first kappa shape index (κ1) is 15.9. The third-order valence-electron chi connectivity index (χ3n) is 3.87. The smallest absolute Gasteiger partial charge is 0.252 e. The molecule has 1 fully saturated rings. The minimum Gasteiger partial charge on any atom is -0.350 e. The number of benzene rings is 1. The zero-order chi connectivity index (χ0) is 16.9. The van der Waals surface area contributed by atoms with Gasteiger partial charge in [-0.15, -0.1) is 0 Å². The van der Waals surface area contributed by atoms with Crippen LogP contribution in [0.4, 0.5) is 0 Å². The molecule has 0 atom stereocenters. The maximum Gasteiger partial charge on any atom is 0.252 e. The van der Waals surface area contributed by atoms with E-state index in [2.05, 4.69) is 10.3 Å². The summed E-state index contributed by atoms with van der Waals surface area (Å²) in [6, 6.07) is 13.2. The molecule has 3 rings (SSSR count). The SMILES string of the molecule is O=C(NCCN1C(=O)CCC1=O)c1ccc(-c2ccccc2)nc1. The molecular formula is C18H17N3O3. The van der Waals surface area contributed by atoms with Gasteiger partial charge in [0.15, 0.2) is 0 Å². The maximum atomic E-state index is 12.1. The molecule has 1 saturated heterocycles. The number of imide groups is 1.